The zero-order chi connectivity index (χ0) is 19.1. The van der Waals surface area contributed by atoms with Gasteiger partial charge in [0.05, 0.1) is 11.4 Å². The van der Waals surface area contributed by atoms with Gasteiger partial charge in [-0.05, 0) is 42.0 Å². The summed E-state index contributed by atoms with van der Waals surface area (Å²) >= 11 is 0. The Bertz CT molecular complexity index is 1200. The first-order valence-corrected chi connectivity index (χ1v) is 9.05. The van der Waals surface area contributed by atoms with E-state index in [1.165, 1.54) is 0 Å². The minimum atomic E-state index is 0.165. The van der Waals surface area contributed by atoms with E-state index in [-0.39, 0.29) is 11.5 Å². The number of phenols is 2. The predicted octanol–water partition coefficient (Wildman–Crippen LogP) is 5.39. The summed E-state index contributed by atoms with van der Waals surface area (Å²) in [5, 5.41) is 20.8. The standard InChI is InChI=1S/C24H17NO3/c26-21-10-4-1-7-15(21)18-13-20(16-8-2-5-11-22(16)27)25-24-17-9-3-6-12-23(17)28-14-19(18)24/h1-13,26-27H,14H2. The van der Waals surface area contributed by atoms with Crippen LogP contribution in [-0.4, -0.2) is 15.2 Å². The first kappa shape index (κ1) is 16.4. The first-order chi connectivity index (χ1) is 13.7. The number of phenolic OH excluding ortho intramolecular Hbond substituents is 2. The molecule has 3 aromatic carbocycles. The number of fused-ring (bicyclic) bond motifs is 3. The van der Waals surface area contributed by atoms with Crippen molar-refractivity contribution in [1.82, 2.24) is 4.98 Å². The highest BCUT2D eigenvalue weighted by Crippen LogP contribution is 2.44. The summed E-state index contributed by atoms with van der Waals surface area (Å²) in [6.45, 7) is 0.365. The molecule has 0 aliphatic carbocycles. The zero-order valence-electron chi connectivity index (χ0n) is 15.0. The van der Waals surface area contributed by atoms with Gasteiger partial charge < -0.3 is 14.9 Å². The summed E-state index contributed by atoms with van der Waals surface area (Å²) in [6, 6.07) is 24.0. The number of ether oxygens (including phenoxy) is 1. The van der Waals surface area contributed by atoms with Crippen molar-refractivity contribution in [2.24, 2.45) is 0 Å². The molecule has 1 aromatic heterocycles. The molecule has 5 rings (SSSR count). The smallest absolute Gasteiger partial charge is 0.129 e. The minimum Gasteiger partial charge on any atom is -0.507 e. The minimum absolute atomic E-state index is 0.165. The van der Waals surface area contributed by atoms with Gasteiger partial charge in [0.1, 0.15) is 23.9 Å². The van der Waals surface area contributed by atoms with E-state index in [4.69, 9.17) is 9.72 Å². The number of para-hydroxylation sites is 3. The average molecular weight is 367 g/mol. The molecule has 4 nitrogen and oxygen atoms in total. The number of pyridine rings is 1. The SMILES string of the molecule is Oc1ccccc1-c1cc(-c2ccccc2O)c2c(n1)-c1ccccc1OC2. The van der Waals surface area contributed by atoms with E-state index in [0.29, 0.717) is 23.4 Å². The monoisotopic (exact) mass is 367 g/mol. The maximum absolute atomic E-state index is 10.5. The fraction of sp³-hybridized carbons (Fsp3) is 0.0417. The summed E-state index contributed by atoms with van der Waals surface area (Å²) in [7, 11) is 0. The van der Waals surface area contributed by atoms with Gasteiger partial charge in [0.2, 0.25) is 0 Å². The van der Waals surface area contributed by atoms with Crippen LogP contribution < -0.4 is 4.74 Å². The Morgan fingerprint density at radius 3 is 2.00 bits per heavy atom. The van der Waals surface area contributed by atoms with E-state index >= 15 is 0 Å². The summed E-state index contributed by atoms with van der Waals surface area (Å²) < 4.78 is 5.95. The zero-order valence-corrected chi connectivity index (χ0v) is 15.0. The van der Waals surface area contributed by atoms with Gasteiger partial charge in [-0.1, -0.05) is 42.5 Å². The van der Waals surface area contributed by atoms with Gasteiger partial charge in [-0.25, -0.2) is 4.98 Å². The van der Waals surface area contributed by atoms with Crippen LogP contribution in [0.4, 0.5) is 0 Å². The summed E-state index contributed by atoms with van der Waals surface area (Å²) in [5.41, 5.74) is 5.47. The molecule has 2 N–H and O–H groups in total. The number of aromatic hydroxyl groups is 2. The molecule has 0 radical (unpaired) electrons. The molecule has 0 saturated heterocycles. The van der Waals surface area contributed by atoms with Crippen molar-refractivity contribution in [2.75, 3.05) is 0 Å². The molecule has 2 heterocycles. The maximum atomic E-state index is 10.5. The summed E-state index contributed by atoms with van der Waals surface area (Å²) in [6.07, 6.45) is 0. The van der Waals surface area contributed by atoms with Gasteiger partial charge in [-0.3, -0.25) is 0 Å². The molecule has 1 aliphatic heterocycles. The molecule has 1 aliphatic rings. The molecule has 0 unspecified atom stereocenters. The van der Waals surface area contributed by atoms with Crippen LogP contribution in [0.25, 0.3) is 33.6 Å². The highest BCUT2D eigenvalue weighted by atomic mass is 16.5. The molecule has 136 valence electrons. The molecule has 0 atom stereocenters. The number of benzene rings is 3. The van der Waals surface area contributed by atoms with E-state index in [9.17, 15) is 10.2 Å². The third kappa shape index (κ3) is 2.58. The maximum Gasteiger partial charge on any atom is 0.129 e. The number of rotatable bonds is 2. The van der Waals surface area contributed by atoms with E-state index in [0.717, 1.165) is 28.1 Å². The van der Waals surface area contributed by atoms with Crippen molar-refractivity contribution in [2.45, 2.75) is 6.61 Å². The van der Waals surface area contributed by atoms with Crippen LogP contribution >= 0.6 is 0 Å². The highest BCUT2D eigenvalue weighted by molar-refractivity contribution is 5.86. The Labute approximate surface area is 162 Å². The predicted molar refractivity (Wildman–Crippen MR) is 108 cm³/mol. The molecular weight excluding hydrogens is 350 g/mol. The normalized spacial score (nSPS) is 12.0. The van der Waals surface area contributed by atoms with Crippen molar-refractivity contribution in [3.05, 3.63) is 84.4 Å². The van der Waals surface area contributed by atoms with Crippen molar-refractivity contribution in [3.8, 4) is 50.9 Å². The number of aromatic nitrogens is 1. The third-order valence-corrected chi connectivity index (χ3v) is 5.01. The van der Waals surface area contributed by atoms with E-state index in [1.54, 1.807) is 24.3 Å². The van der Waals surface area contributed by atoms with Gasteiger partial charge >= 0.3 is 0 Å². The topological polar surface area (TPSA) is 62.6 Å². The molecule has 0 bridgehead atoms. The quantitative estimate of drug-likeness (QED) is 0.499. The van der Waals surface area contributed by atoms with Gasteiger partial charge in [0, 0.05) is 22.3 Å². The Kier molecular flexibility index (Phi) is 3.76. The Hall–Kier alpha value is -3.79. The van der Waals surface area contributed by atoms with Crippen molar-refractivity contribution in [3.63, 3.8) is 0 Å². The van der Waals surface area contributed by atoms with Crippen LogP contribution in [0.5, 0.6) is 17.2 Å². The third-order valence-electron chi connectivity index (χ3n) is 5.01. The van der Waals surface area contributed by atoms with E-state index in [1.807, 2.05) is 54.6 Å². The van der Waals surface area contributed by atoms with Crippen LogP contribution in [0.15, 0.2) is 78.9 Å². The second-order valence-electron chi connectivity index (χ2n) is 6.70. The van der Waals surface area contributed by atoms with Crippen LogP contribution in [0.2, 0.25) is 0 Å². The van der Waals surface area contributed by atoms with E-state index < -0.39 is 0 Å². The van der Waals surface area contributed by atoms with E-state index in [2.05, 4.69) is 0 Å². The molecule has 0 spiro atoms. The van der Waals surface area contributed by atoms with Crippen LogP contribution in [0.3, 0.4) is 0 Å². The summed E-state index contributed by atoms with van der Waals surface area (Å²) in [4.78, 5) is 4.88. The van der Waals surface area contributed by atoms with Crippen LogP contribution in [0.1, 0.15) is 5.56 Å². The largest absolute Gasteiger partial charge is 0.507 e. The lowest BCUT2D eigenvalue weighted by atomic mass is 9.92. The summed E-state index contributed by atoms with van der Waals surface area (Å²) in [5.74, 6) is 1.14. The van der Waals surface area contributed by atoms with Gasteiger partial charge in [0.15, 0.2) is 0 Å². The first-order valence-electron chi connectivity index (χ1n) is 9.05. The lowest BCUT2D eigenvalue weighted by molar-refractivity contribution is 0.302. The van der Waals surface area contributed by atoms with Crippen molar-refractivity contribution < 1.29 is 14.9 Å². The Morgan fingerprint density at radius 2 is 1.29 bits per heavy atom. The Balaban J connectivity index is 1.84. The molecule has 28 heavy (non-hydrogen) atoms. The van der Waals surface area contributed by atoms with Crippen LogP contribution in [0, 0.1) is 0 Å². The molecular formula is C24H17NO3. The lowest BCUT2D eigenvalue weighted by Gasteiger charge is -2.24. The number of hydrogen-bond donors (Lipinski definition) is 2. The van der Waals surface area contributed by atoms with Crippen LogP contribution in [-0.2, 0) is 6.61 Å². The average Bonchev–Trinajstić information content (AvgIpc) is 2.73. The number of nitrogens with zero attached hydrogens (tertiary/aromatic N) is 1. The van der Waals surface area contributed by atoms with Crippen molar-refractivity contribution >= 4 is 0 Å². The van der Waals surface area contributed by atoms with Crippen molar-refractivity contribution in [1.29, 1.82) is 0 Å². The molecule has 0 saturated carbocycles. The lowest BCUT2D eigenvalue weighted by Crippen LogP contribution is -2.09. The van der Waals surface area contributed by atoms with Gasteiger partial charge in [0.25, 0.3) is 0 Å². The fourth-order valence-corrected chi connectivity index (χ4v) is 3.65. The molecule has 0 amide bonds. The second-order valence-corrected chi connectivity index (χ2v) is 6.70. The van der Waals surface area contributed by atoms with Gasteiger partial charge in [-0.2, -0.15) is 0 Å². The van der Waals surface area contributed by atoms with Gasteiger partial charge in [-0.15, -0.1) is 0 Å². The Morgan fingerprint density at radius 1 is 0.679 bits per heavy atom. The molecule has 4 aromatic rings. The molecule has 4 heteroatoms. The second kappa shape index (κ2) is 6.43. The fourth-order valence-electron chi connectivity index (χ4n) is 3.65. The highest BCUT2D eigenvalue weighted by Gasteiger charge is 2.24. The number of hydrogen-bond acceptors (Lipinski definition) is 4. The molecule has 0 fully saturated rings.